The second-order valence-corrected chi connectivity index (χ2v) is 6.64. The van der Waals surface area contributed by atoms with Gasteiger partial charge < -0.3 is 9.64 Å². The Balaban J connectivity index is 2.58. The Labute approximate surface area is 110 Å². The maximum Gasteiger partial charge on any atom is 0.410 e. The first-order valence-electron chi connectivity index (χ1n) is 6.56. The zero-order chi connectivity index (χ0) is 14.1. The van der Waals surface area contributed by atoms with E-state index in [2.05, 4.69) is 0 Å². The lowest BCUT2D eigenvalue weighted by atomic mass is 9.92. The van der Waals surface area contributed by atoms with Gasteiger partial charge in [-0.2, -0.15) is 0 Å². The van der Waals surface area contributed by atoms with Gasteiger partial charge in [0, 0.05) is 24.9 Å². The van der Waals surface area contributed by atoms with Crippen LogP contribution in [-0.2, 0) is 9.53 Å². The molecule has 18 heavy (non-hydrogen) atoms. The Hall–Kier alpha value is -1.06. The van der Waals surface area contributed by atoms with Crippen LogP contribution in [-0.4, -0.2) is 36.0 Å². The van der Waals surface area contributed by atoms with E-state index in [1.807, 2.05) is 34.6 Å². The van der Waals surface area contributed by atoms with Gasteiger partial charge in [0.05, 0.1) is 0 Å². The number of nitrogens with zero attached hydrogens (tertiary/aromatic N) is 1. The first kappa shape index (κ1) is 15.0. The number of ether oxygens (including phenoxy) is 1. The number of Topliss-reactive ketones (excluding diaryl/α,β-unsaturated/α-hetero) is 1. The summed E-state index contributed by atoms with van der Waals surface area (Å²) in [4.78, 5) is 25.5. The molecule has 0 saturated heterocycles. The zero-order valence-corrected chi connectivity index (χ0v) is 12.4. The maximum absolute atomic E-state index is 12.1. The first-order valence-corrected chi connectivity index (χ1v) is 6.56. The Morgan fingerprint density at radius 1 is 1.28 bits per heavy atom. The maximum atomic E-state index is 12.1. The van der Waals surface area contributed by atoms with Gasteiger partial charge in [0.15, 0.2) is 0 Å². The van der Waals surface area contributed by atoms with Gasteiger partial charge in [0.2, 0.25) is 0 Å². The van der Waals surface area contributed by atoms with Crippen molar-refractivity contribution >= 4 is 11.9 Å². The zero-order valence-electron chi connectivity index (χ0n) is 12.4. The molecule has 1 fully saturated rings. The largest absolute Gasteiger partial charge is 0.444 e. The van der Waals surface area contributed by atoms with Crippen LogP contribution in [0.3, 0.4) is 0 Å². The molecule has 0 aromatic heterocycles. The summed E-state index contributed by atoms with van der Waals surface area (Å²) in [6.45, 7) is 9.81. The highest BCUT2D eigenvalue weighted by Crippen LogP contribution is 2.48. The highest BCUT2D eigenvalue weighted by Gasteiger charge is 2.51. The third kappa shape index (κ3) is 3.72. The third-order valence-corrected chi connectivity index (χ3v) is 3.15. The summed E-state index contributed by atoms with van der Waals surface area (Å²) in [6.07, 6.45) is 1.42. The first-order chi connectivity index (χ1) is 8.07. The van der Waals surface area contributed by atoms with E-state index in [0.717, 1.165) is 12.8 Å². The van der Waals surface area contributed by atoms with E-state index in [-0.39, 0.29) is 23.2 Å². The van der Waals surface area contributed by atoms with Gasteiger partial charge in [0.25, 0.3) is 0 Å². The van der Waals surface area contributed by atoms with Gasteiger partial charge in [-0.1, -0.05) is 13.8 Å². The minimum Gasteiger partial charge on any atom is -0.444 e. The topological polar surface area (TPSA) is 46.6 Å². The fourth-order valence-electron chi connectivity index (χ4n) is 2.10. The summed E-state index contributed by atoms with van der Waals surface area (Å²) in [5.41, 5.74) is -0.802. The summed E-state index contributed by atoms with van der Waals surface area (Å²) in [5.74, 6) is 0.289. The molecule has 1 aliphatic rings. The Morgan fingerprint density at radius 3 is 2.11 bits per heavy atom. The standard InChI is InChI=1S/C14H25NO3/c1-10(2)11(16)14(7-8-14)9-15(6)12(17)18-13(3,4)5/h10H,7-9H2,1-6H3. The molecule has 0 heterocycles. The van der Waals surface area contributed by atoms with Crippen LogP contribution in [0.2, 0.25) is 0 Å². The number of carbonyl (C=O) groups is 2. The quantitative estimate of drug-likeness (QED) is 0.776. The van der Waals surface area contributed by atoms with Crippen molar-refractivity contribution in [2.24, 2.45) is 11.3 Å². The molecular formula is C14H25NO3. The van der Waals surface area contributed by atoms with Crippen molar-refractivity contribution in [1.29, 1.82) is 0 Å². The fraction of sp³-hybridized carbons (Fsp3) is 0.857. The molecule has 0 N–H and O–H groups in total. The predicted octanol–water partition coefficient (Wildman–Crippen LogP) is 2.86. The number of carbonyl (C=O) groups excluding carboxylic acids is 2. The van der Waals surface area contributed by atoms with Gasteiger partial charge >= 0.3 is 6.09 Å². The minimum atomic E-state index is -0.496. The van der Waals surface area contributed by atoms with Crippen LogP contribution in [0.25, 0.3) is 0 Å². The number of hydrogen-bond donors (Lipinski definition) is 0. The second-order valence-electron chi connectivity index (χ2n) is 6.64. The van der Waals surface area contributed by atoms with Crippen molar-refractivity contribution in [3.63, 3.8) is 0 Å². The molecule has 0 aromatic rings. The third-order valence-electron chi connectivity index (χ3n) is 3.15. The molecule has 0 radical (unpaired) electrons. The van der Waals surface area contributed by atoms with Crippen molar-refractivity contribution < 1.29 is 14.3 Å². The molecule has 0 aromatic carbocycles. The predicted molar refractivity (Wildman–Crippen MR) is 70.4 cm³/mol. The van der Waals surface area contributed by atoms with Crippen LogP contribution in [0.15, 0.2) is 0 Å². The summed E-state index contributed by atoms with van der Waals surface area (Å²) in [7, 11) is 1.70. The van der Waals surface area contributed by atoms with E-state index < -0.39 is 5.60 Å². The summed E-state index contributed by atoms with van der Waals surface area (Å²) >= 11 is 0. The molecule has 0 bridgehead atoms. The molecule has 1 aliphatic carbocycles. The van der Waals surface area contributed by atoms with Crippen LogP contribution in [0.1, 0.15) is 47.5 Å². The van der Waals surface area contributed by atoms with Gasteiger partial charge in [-0.25, -0.2) is 4.79 Å². The molecule has 104 valence electrons. The Kier molecular flexibility index (Phi) is 4.08. The van der Waals surface area contributed by atoms with E-state index in [1.165, 1.54) is 4.90 Å². The number of ketones is 1. The molecule has 4 heteroatoms. The normalized spacial score (nSPS) is 17.5. The van der Waals surface area contributed by atoms with E-state index in [4.69, 9.17) is 4.74 Å². The minimum absolute atomic E-state index is 0.0273. The van der Waals surface area contributed by atoms with E-state index in [9.17, 15) is 9.59 Å². The van der Waals surface area contributed by atoms with E-state index >= 15 is 0 Å². The van der Waals surface area contributed by atoms with Crippen molar-refractivity contribution in [1.82, 2.24) is 4.90 Å². The molecule has 0 aliphatic heterocycles. The highest BCUT2D eigenvalue weighted by molar-refractivity contribution is 5.89. The van der Waals surface area contributed by atoms with Crippen LogP contribution in [0.4, 0.5) is 4.79 Å². The van der Waals surface area contributed by atoms with Gasteiger partial charge in [-0.05, 0) is 33.6 Å². The van der Waals surface area contributed by atoms with Gasteiger partial charge in [0.1, 0.15) is 11.4 Å². The number of amides is 1. The Morgan fingerprint density at radius 2 is 1.78 bits per heavy atom. The SMILES string of the molecule is CC(C)C(=O)C1(CN(C)C(=O)OC(C)(C)C)CC1. The van der Waals surface area contributed by atoms with Crippen LogP contribution in [0.5, 0.6) is 0 Å². The average molecular weight is 255 g/mol. The smallest absolute Gasteiger partial charge is 0.410 e. The monoisotopic (exact) mass is 255 g/mol. The van der Waals surface area contributed by atoms with Crippen molar-refractivity contribution in [3.05, 3.63) is 0 Å². The van der Waals surface area contributed by atoms with Crippen molar-refractivity contribution in [2.75, 3.05) is 13.6 Å². The second kappa shape index (κ2) is 4.90. The van der Waals surface area contributed by atoms with Gasteiger partial charge in [-0.15, -0.1) is 0 Å². The number of hydrogen-bond acceptors (Lipinski definition) is 3. The van der Waals surface area contributed by atoms with Crippen LogP contribution in [0, 0.1) is 11.3 Å². The lowest BCUT2D eigenvalue weighted by Crippen LogP contribution is -2.40. The van der Waals surface area contributed by atoms with Crippen molar-refractivity contribution in [2.45, 2.75) is 53.1 Å². The molecule has 0 atom stereocenters. The summed E-state index contributed by atoms with van der Waals surface area (Å²) in [5, 5.41) is 0. The lowest BCUT2D eigenvalue weighted by molar-refractivity contribution is -0.127. The number of rotatable bonds is 4. The molecule has 1 rings (SSSR count). The molecule has 0 unspecified atom stereocenters. The van der Waals surface area contributed by atoms with Gasteiger partial charge in [-0.3, -0.25) is 4.79 Å². The Bertz CT molecular complexity index is 337. The van der Waals surface area contributed by atoms with E-state index in [0.29, 0.717) is 6.54 Å². The molecule has 1 amide bonds. The molecule has 0 spiro atoms. The molecule has 1 saturated carbocycles. The molecular weight excluding hydrogens is 230 g/mol. The van der Waals surface area contributed by atoms with Crippen LogP contribution < -0.4 is 0 Å². The molecule has 4 nitrogen and oxygen atoms in total. The summed E-state index contributed by atoms with van der Waals surface area (Å²) in [6, 6.07) is 0. The highest BCUT2D eigenvalue weighted by atomic mass is 16.6. The fourth-order valence-corrected chi connectivity index (χ4v) is 2.10. The lowest BCUT2D eigenvalue weighted by Gasteiger charge is -2.27. The van der Waals surface area contributed by atoms with Crippen LogP contribution >= 0.6 is 0 Å². The summed E-state index contributed by atoms with van der Waals surface area (Å²) < 4.78 is 5.29. The van der Waals surface area contributed by atoms with E-state index in [1.54, 1.807) is 7.05 Å². The van der Waals surface area contributed by atoms with Crippen molar-refractivity contribution in [3.8, 4) is 0 Å². The average Bonchev–Trinajstić information content (AvgIpc) is 2.94.